The van der Waals surface area contributed by atoms with Gasteiger partial charge in [0, 0.05) is 10.5 Å². The van der Waals surface area contributed by atoms with Gasteiger partial charge >= 0.3 is 5.97 Å². The normalized spacial score (nSPS) is 10.2. The molecule has 0 atom stereocenters. The van der Waals surface area contributed by atoms with Gasteiger partial charge in [-0.05, 0) is 36.4 Å². The highest BCUT2D eigenvalue weighted by Crippen LogP contribution is 2.20. The number of carboxylic acid groups (broad SMARTS) is 1. The van der Waals surface area contributed by atoms with Crippen LogP contribution in [0, 0.1) is 5.82 Å². The summed E-state index contributed by atoms with van der Waals surface area (Å²) in [5, 5.41) is 8.77. The number of carboxylic acids is 1. The van der Waals surface area contributed by atoms with E-state index in [1.165, 1.54) is 24.3 Å². The van der Waals surface area contributed by atoms with Gasteiger partial charge in [0.2, 0.25) is 0 Å². The van der Waals surface area contributed by atoms with Crippen LogP contribution in [-0.2, 0) is 0 Å². The smallest absolute Gasteiger partial charge is 0.335 e. The van der Waals surface area contributed by atoms with E-state index in [-0.39, 0.29) is 24.6 Å². The molecule has 0 radical (unpaired) electrons. The van der Waals surface area contributed by atoms with Crippen molar-refractivity contribution in [3.8, 4) is 11.5 Å². The predicted molar refractivity (Wildman–Crippen MR) is 78.5 cm³/mol. The van der Waals surface area contributed by atoms with Crippen LogP contribution in [0.25, 0.3) is 0 Å². The summed E-state index contributed by atoms with van der Waals surface area (Å²) < 4.78 is 24.5. The third-order valence-electron chi connectivity index (χ3n) is 2.56. The van der Waals surface area contributed by atoms with Crippen LogP contribution in [0.4, 0.5) is 4.39 Å². The van der Waals surface area contributed by atoms with Gasteiger partial charge in [-0.15, -0.1) is 0 Å². The van der Waals surface area contributed by atoms with Gasteiger partial charge in [-0.25, -0.2) is 9.18 Å². The van der Waals surface area contributed by atoms with Gasteiger partial charge in [-0.1, -0.05) is 15.9 Å². The lowest BCUT2D eigenvalue weighted by Gasteiger charge is -2.09. The van der Waals surface area contributed by atoms with Crippen molar-refractivity contribution in [2.75, 3.05) is 13.2 Å². The van der Waals surface area contributed by atoms with E-state index in [1.807, 2.05) is 0 Å². The van der Waals surface area contributed by atoms with E-state index < -0.39 is 5.97 Å². The second-order valence-electron chi connectivity index (χ2n) is 4.13. The Morgan fingerprint density at radius 2 is 1.67 bits per heavy atom. The number of benzene rings is 2. The van der Waals surface area contributed by atoms with Crippen LogP contribution in [0.2, 0.25) is 0 Å². The largest absolute Gasteiger partial charge is 0.490 e. The molecule has 0 bridgehead atoms. The molecule has 0 saturated carbocycles. The maximum atomic E-state index is 13.1. The van der Waals surface area contributed by atoms with Crippen molar-refractivity contribution in [3.63, 3.8) is 0 Å². The minimum absolute atomic E-state index is 0.197. The highest BCUT2D eigenvalue weighted by molar-refractivity contribution is 9.10. The van der Waals surface area contributed by atoms with E-state index in [2.05, 4.69) is 15.9 Å². The lowest BCUT2D eigenvalue weighted by Crippen LogP contribution is -2.09. The van der Waals surface area contributed by atoms with Crippen LogP contribution >= 0.6 is 15.9 Å². The average Bonchev–Trinajstić information content (AvgIpc) is 2.43. The molecule has 4 nitrogen and oxygen atoms in total. The minimum Gasteiger partial charge on any atom is -0.490 e. The van der Waals surface area contributed by atoms with Gasteiger partial charge in [-0.3, -0.25) is 0 Å². The Hall–Kier alpha value is -2.08. The number of carbonyl (C=O) groups is 1. The summed E-state index contributed by atoms with van der Waals surface area (Å²) >= 11 is 3.18. The molecule has 21 heavy (non-hydrogen) atoms. The lowest BCUT2D eigenvalue weighted by atomic mass is 10.2. The van der Waals surface area contributed by atoms with Crippen molar-refractivity contribution in [3.05, 3.63) is 58.3 Å². The molecule has 1 N–H and O–H groups in total. The quantitative estimate of drug-likeness (QED) is 0.802. The maximum Gasteiger partial charge on any atom is 0.335 e. The fourth-order valence-corrected chi connectivity index (χ4v) is 2.07. The van der Waals surface area contributed by atoms with Crippen LogP contribution in [0.3, 0.4) is 0 Å². The molecule has 0 heterocycles. The van der Waals surface area contributed by atoms with Crippen LogP contribution in [0.1, 0.15) is 10.4 Å². The molecular weight excluding hydrogens is 343 g/mol. The molecule has 0 fully saturated rings. The van der Waals surface area contributed by atoms with E-state index in [1.54, 1.807) is 18.2 Å². The zero-order valence-corrected chi connectivity index (χ0v) is 12.5. The zero-order valence-electron chi connectivity index (χ0n) is 10.9. The average molecular weight is 355 g/mol. The first kappa shape index (κ1) is 15.3. The number of rotatable bonds is 6. The predicted octanol–water partition coefficient (Wildman–Crippen LogP) is 3.74. The Balaban J connectivity index is 1.80. The Morgan fingerprint density at radius 1 is 1.05 bits per heavy atom. The summed E-state index contributed by atoms with van der Waals surface area (Å²) in [6.45, 7) is 0.511. The molecule has 110 valence electrons. The lowest BCUT2D eigenvalue weighted by molar-refractivity contribution is 0.0697. The molecule has 2 aromatic rings. The number of ether oxygens (including phenoxy) is 2. The van der Waals surface area contributed by atoms with Crippen LogP contribution in [0.5, 0.6) is 11.5 Å². The molecule has 0 spiro atoms. The van der Waals surface area contributed by atoms with Crippen molar-refractivity contribution in [2.24, 2.45) is 0 Å². The van der Waals surface area contributed by atoms with Gasteiger partial charge in [0.25, 0.3) is 0 Å². The highest BCUT2D eigenvalue weighted by atomic mass is 79.9. The molecular formula is C15H12BrFO4. The third-order valence-corrected chi connectivity index (χ3v) is 3.02. The zero-order chi connectivity index (χ0) is 15.2. The minimum atomic E-state index is -0.985. The summed E-state index contributed by atoms with van der Waals surface area (Å²) in [5.41, 5.74) is 0.197. The number of halogens is 2. The number of hydrogen-bond donors (Lipinski definition) is 1. The molecule has 2 aromatic carbocycles. The van der Waals surface area contributed by atoms with E-state index >= 15 is 0 Å². The Morgan fingerprint density at radius 3 is 2.24 bits per heavy atom. The monoisotopic (exact) mass is 354 g/mol. The molecule has 0 amide bonds. The van der Waals surface area contributed by atoms with Gasteiger partial charge in [-0.2, -0.15) is 0 Å². The van der Waals surface area contributed by atoms with Crippen LogP contribution in [-0.4, -0.2) is 24.3 Å². The second kappa shape index (κ2) is 7.08. The molecule has 0 saturated heterocycles. The molecule has 0 aliphatic carbocycles. The molecule has 0 aliphatic rings. The van der Waals surface area contributed by atoms with Crippen molar-refractivity contribution < 1.29 is 23.8 Å². The van der Waals surface area contributed by atoms with Crippen LogP contribution in [0.15, 0.2) is 46.9 Å². The van der Waals surface area contributed by atoms with Gasteiger partial charge in [0.05, 0.1) is 5.56 Å². The highest BCUT2D eigenvalue weighted by Gasteiger charge is 2.03. The molecule has 6 heteroatoms. The van der Waals surface area contributed by atoms with Crippen molar-refractivity contribution in [2.45, 2.75) is 0 Å². The first-order valence-corrected chi connectivity index (χ1v) is 6.89. The standard InChI is InChI=1S/C15H12BrFO4/c16-11-7-12(17)9-14(8-11)21-6-5-20-13-3-1-10(2-4-13)15(18)19/h1-4,7-9H,5-6H2,(H,18,19). The molecule has 0 aromatic heterocycles. The summed E-state index contributed by atoms with van der Waals surface area (Å²) in [6, 6.07) is 10.3. The van der Waals surface area contributed by atoms with Crippen molar-refractivity contribution >= 4 is 21.9 Å². The van der Waals surface area contributed by atoms with Crippen molar-refractivity contribution in [1.29, 1.82) is 0 Å². The summed E-state index contributed by atoms with van der Waals surface area (Å²) in [4.78, 5) is 10.7. The summed E-state index contributed by atoms with van der Waals surface area (Å²) in [6.07, 6.45) is 0. The summed E-state index contributed by atoms with van der Waals surface area (Å²) in [7, 11) is 0. The topological polar surface area (TPSA) is 55.8 Å². The SMILES string of the molecule is O=C(O)c1ccc(OCCOc2cc(F)cc(Br)c2)cc1. The summed E-state index contributed by atoms with van der Waals surface area (Å²) in [5.74, 6) is -0.415. The third kappa shape index (κ3) is 4.75. The van der Waals surface area contributed by atoms with Crippen molar-refractivity contribution in [1.82, 2.24) is 0 Å². The first-order chi connectivity index (χ1) is 10.0. The van der Waals surface area contributed by atoms with E-state index in [0.29, 0.717) is 16.0 Å². The molecule has 0 unspecified atom stereocenters. The van der Waals surface area contributed by atoms with E-state index in [0.717, 1.165) is 0 Å². The first-order valence-electron chi connectivity index (χ1n) is 6.09. The molecule has 2 rings (SSSR count). The van der Waals surface area contributed by atoms with Gasteiger partial charge < -0.3 is 14.6 Å². The van der Waals surface area contributed by atoms with Gasteiger partial charge in [0.15, 0.2) is 0 Å². The van der Waals surface area contributed by atoms with E-state index in [9.17, 15) is 9.18 Å². The number of hydrogen-bond acceptors (Lipinski definition) is 3. The fraction of sp³-hybridized carbons (Fsp3) is 0.133. The van der Waals surface area contributed by atoms with E-state index in [4.69, 9.17) is 14.6 Å². The molecule has 0 aliphatic heterocycles. The van der Waals surface area contributed by atoms with Gasteiger partial charge in [0.1, 0.15) is 30.5 Å². The Kier molecular flexibility index (Phi) is 5.16. The second-order valence-corrected chi connectivity index (χ2v) is 5.05. The Labute approximate surface area is 129 Å². The Bertz CT molecular complexity index is 608. The van der Waals surface area contributed by atoms with Crippen LogP contribution < -0.4 is 9.47 Å². The maximum absolute atomic E-state index is 13.1. The fourth-order valence-electron chi connectivity index (χ4n) is 1.62. The number of aromatic carboxylic acids is 1.